The zero-order valence-electron chi connectivity index (χ0n) is 18.2. The molecular weight excluding hydrogens is 491 g/mol. The Morgan fingerprint density at radius 3 is 2.27 bits per heavy atom. The number of halogens is 1. The van der Waals surface area contributed by atoms with Crippen molar-refractivity contribution in [3.63, 3.8) is 0 Å². The second-order valence-electron chi connectivity index (χ2n) is 7.96. The third-order valence-electron chi connectivity index (χ3n) is 5.69. The van der Waals surface area contributed by atoms with Crippen molar-refractivity contribution in [1.29, 1.82) is 0 Å². The van der Waals surface area contributed by atoms with Gasteiger partial charge in [0.15, 0.2) is 5.96 Å². The summed E-state index contributed by atoms with van der Waals surface area (Å²) in [5.41, 5.74) is 7.39. The number of rotatable bonds is 10. The van der Waals surface area contributed by atoms with Gasteiger partial charge in [-0.2, -0.15) is 0 Å². The number of nitrogens with two attached hydrogens (primary N) is 1. The molecule has 2 aliphatic heterocycles. The number of ether oxygens (including phenoxy) is 1. The molecule has 0 saturated carbocycles. The molecule has 0 aliphatic carbocycles. The van der Waals surface area contributed by atoms with Crippen molar-refractivity contribution in [2.24, 2.45) is 10.7 Å². The number of hydrogen-bond donors (Lipinski definition) is 2. The van der Waals surface area contributed by atoms with Crippen LogP contribution in [0.3, 0.4) is 0 Å². The number of aliphatic imine (C=N–C) groups is 1. The van der Waals surface area contributed by atoms with Gasteiger partial charge >= 0.3 is 0 Å². The van der Waals surface area contributed by atoms with E-state index in [4.69, 9.17) is 10.5 Å². The minimum atomic E-state index is 0. The summed E-state index contributed by atoms with van der Waals surface area (Å²) in [4.78, 5) is 12.0. The van der Waals surface area contributed by atoms with Gasteiger partial charge in [0, 0.05) is 65.4 Å². The van der Waals surface area contributed by atoms with Crippen molar-refractivity contribution in [2.45, 2.75) is 19.4 Å². The molecule has 8 heteroatoms. The average Bonchev–Trinajstić information content (AvgIpc) is 2.77. The zero-order valence-corrected chi connectivity index (χ0v) is 20.5. The van der Waals surface area contributed by atoms with E-state index in [2.05, 4.69) is 55.3 Å². The second kappa shape index (κ2) is 15.0. The average molecular weight is 530 g/mol. The van der Waals surface area contributed by atoms with E-state index in [0.29, 0.717) is 5.96 Å². The number of benzene rings is 1. The second-order valence-corrected chi connectivity index (χ2v) is 7.96. The van der Waals surface area contributed by atoms with E-state index >= 15 is 0 Å². The minimum Gasteiger partial charge on any atom is -0.379 e. The standard InChI is InChI=1S/C22H38N6O.HI/c23-22(25-9-5-11-27-16-18-29-19-17-27)24-8-4-10-26-12-14-28(15-13-26)20-21-6-2-1-3-7-21;/h1-3,6-7H,4-5,8-20H2,(H3,23,24,25);1H. The van der Waals surface area contributed by atoms with Crippen LogP contribution in [0.25, 0.3) is 0 Å². The van der Waals surface area contributed by atoms with Crippen molar-refractivity contribution in [3.8, 4) is 0 Å². The maximum Gasteiger partial charge on any atom is 0.188 e. The first-order valence-electron chi connectivity index (χ1n) is 11.1. The number of nitrogens with one attached hydrogen (secondary N) is 1. The van der Waals surface area contributed by atoms with Crippen LogP contribution >= 0.6 is 24.0 Å². The van der Waals surface area contributed by atoms with Crippen molar-refractivity contribution in [3.05, 3.63) is 35.9 Å². The van der Waals surface area contributed by atoms with Crippen molar-refractivity contribution < 1.29 is 4.74 Å². The molecule has 0 unspecified atom stereocenters. The smallest absolute Gasteiger partial charge is 0.188 e. The molecule has 7 nitrogen and oxygen atoms in total. The lowest BCUT2D eigenvalue weighted by Gasteiger charge is -2.34. The van der Waals surface area contributed by atoms with Gasteiger partial charge in [-0.25, -0.2) is 0 Å². The van der Waals surface area contributed by atoms with E-state index in [1.54, 1.807) is 0 Å². The summed E-state index contributed by atoms with van der Waals surface area (Å²) < 4.78 is 5.37. The molecule has 0 aromatic heterocycles. The van der Waals surface area contributed by atoms with E-state index in [9.17, 15) is 0 Å². The fourth-order valence-electron chi connectivity index (χ4n) is 3.91. The molecule has 1 aromatic carbocycles. The van der Waals surface area contributed by atoms with Crippen LogP contribution < -0.4 is 11.1 Å². The molecule has 0 bridgehead atoms. The van der Waals surface area contributed by atoms with Gasteiger partial charge in [0.05, 0.1) is 13.2 Å². The Bertz CT molecular complexity index is 589. The summed E-state index contributed by atoms with van der Waals surface area (Å²) in [6.45, 7) is 13.3. The van der Waals surface area contributed by atoms with Crippen molar-refractivity contribution >= 4 is 29.9 Å². The molecule has 0 radical (unpaired) electrons. The number of nitrogens with zero attached hydrogens (tertiary/aromatic N) is 4. The van der Waals surface area contributed by atoms with Crippen LogP contribution in [0.15, 0.2) is 35.3 Å². The highest BCUT2D eigenvalue weighted by molar-refractivity contribution is 14.0. The molecule has 30 heavy (non-hydrogen) atoms. The molecule has 2 fully saturated rings. The Kier molecular flexibility index (Phi) is 12.6. The van der Waals surface area contributed by atoms with Crippen LogP contribution in [0.2, 0.25) is 0 Å². The molecule has 2 heterocycles. The first-order chi connectivity index (χ1) is 14.3. The normalized spacial score (nSPS) is 19.4. The summed E-state index contributed by atoms with van der Waals surface area (Å²) in [5, 5.41) is 3.24. The Labute approximate surface area is 199 Å². The lowest BCUT2D eigenvalue weighted by atomic mass is 10.2. The highest BCUT2D eigenvalue weighted by Gasteiger charge is 2.16. The van der Waals surface area contributed by atoms with Gasteiger partial charge in [-0.15, -0.1) is 24.0 Å². The summed E-state index contributed by atoms with van der Waals surface area (Å²) in [6.07, 6.45) is 2.15. The van der Waals surface area contributed by atoms with Gasteiger partial charge in [-0.3, -0.25) is 14.8 Å². The zero-order chi connectivity index (χ0) is 20.2. The summed E-state index contributed by atoms with van der Waals surface area (Å²) >= 11 is 0. The first-order valence-corrected chi connectivity index (χ1v) is 11.1. The third kappa shape index (κ3) is 9.91. The highest BCUT2D eigenvalue weighted by atomic mass is 127. The molecule has 170 valence electrons. The SMILES string of the molecule is I.NC(=NCCCN1CCN(Cc2ccccc2)CC1)NCCCN1CCOCC1. The number of hydrogen-bond acceptors (Lipinski definition) is 5. The van der Waals surface area contributed by atoms with E-state index in [1.165, 1.54) is 5.56 Å². The molecule has 0 amide bonds. The molecule has 0 spiro atoms. The third-order valence-corrected chi connectivity index (χ3v) is 5.69. The number of piperazine rings is 1. The fourth-order valence-corrected chi connectivity index (χ4v) is 3.91. The molecular formula is C22H39IN6O. The Hall–Kier alpha value is -0.940. The van der Waals surface area contributed by atoms with Crippen LogP contribution in [-0.4, -0.2) is 99.3 Å². The van der Waals surface area contributed by atoms with E-state index in [0.717, 1.165) is 98.0 Å². The molecule has 3 rings (SSSR count). The monoisotopic (exact) mass is 530 g/mol. The van der Waals surface area contributed by atoms with Crippen LogP contribution in [0.1, 0.15) is 18.4 Å². The highest BCUT2D eigenvalue weighted by Crippen LogP contribution is 2.08. The number of morpholine rings is 1. The maximum absolute atomic E-state index is 5.99. The largest absolute Gasteiger partial charge is 0.379 e. The maximum atomic E-state index is 5.99. The van der Waals surface area contributed by atoms with Gasteiger partial charge in [0.2, 0.25) is 0 Å². The van der Waals surface area contributed by atoms with Gasteiger partial charge in [0.1, 0.15) is 0 Å². The Balaban J connectivity index is 0.00000320. The van der Waals surface area contributed by atoms with Crippen LogP contribution in [0, 0.1) is 0 Å². The summed E-state index contributed by atoms with van der Waals surface area (Å²) in [5.74, 6) is 0.583. The molecule has 1 aromatic rings. The van der Waals surface area contributed by atoms with E-state index in [1.807, 2.05) is 0 Å². The van der Waals surface area contributed by atoms with Crippen LogP contribution in [0.4, 0.5) is 0 Å². The molecule has 2 aliphatic rings. The predicted octanol–water partition coefficient (Wildman–Crippen LogP) is 1.44. The number of guanidine groups is 1. The molecule has 3 N–H and O–H groups in total. The van der Waals surface area contributed by atoms with Gasteiger partial charge in [-0.1, -0.05) is 30.3 Å². The molecule has 0 atom stereocenters. The lowest BCUT2D eigenvalue weighted by molar-refractivity contribution is 0.0376. The first kappa shape index (κ1) is 25.3. The van der Waals surface area contributed by atoms with Gasteiger partial charge in [0.25, 0.3) is 0 Å². The Morgan fingerprint density at radius 2 is 1.53 bits per heavy atom. The summed E-state index contributed by atoms with van der Waals surface area (Å²) in [7, 11) is 0. The minimum absolute atomic E-state index is 0. The predicted molar refractivity (Wildman–Crippen MR) is 135 cm³/mol. The topological polar surface area (TPSA) is 69.4 Å². The van der Waals surface area contributed by atoms with Crippen molar-refractivity contribution in [2.75, 3.05) is 78.7 Å². The quantitative estimate of drug-likeness (QED) is 0.207. The van der Waals surface area contributed by atoms with Gasteiger partial charge < -0.3 is 20.7 Å². The fraction of sp³-hybridized carbons (Fsp3) is 0.682. The van der Waals surface area contributed by atoms with E-state index in [-0.39, 0.29) is 24.0 Å². The van der Waals surface area contributed by atoms with Crippen molar-refractivity contribution in [1.82, 2.24) is 20.0 Å². The van der Waals surface area contributed by atoms with E-state index < -0.39 is 0 Å². The molecule has 2 saturated heterocycles. The lowest BCUT2D eigenvalue weighted by Crippen LogP contribution is -2.46. The van der Waals surface area contributed by atoms with Crippen LogP contribution in [-0.2, 0) is 11.3 Å². The van der Waals surface area contributed by atoms with Gasteiger partial charge in [-0.05, 0) is 24.9 Å². The summed E-state index contributed by atoms with van der Waals surface area (Å²) in [6, 6.07) is 10.8. The van der Waals surface area contributed by atoms with Crippen LogP contribution in [0.5, 0.6) is 0 Å². The Morgan fingerprint density at radius 1 is 0.900 bits per heavy atom.